The highest BCUT2D eigenvalue weighted by atomic mass is 16.2. The lowest BCUT2D eigenvalue weighted by Gasteiger charge is -2.39. The number of amides is 2. The highest BCUT2D eigenvalue weighted by molar-refractivity contribution is 5.99. The van der Waals surface area contributed by atoms with E-state index >= 15 is 0 Å². The van der Waals surface area contributed by atoms with E-state index in [9.17, 15) is 9.59 Å². The zero-order chi connectivity index (χ0) is 11.5. The van der Waals surface area contributed by atoms with E-state index in [1.807, 2.05) is 4.90 Å². The Bertz CT molecular complexity index is 277. The molecule has 2 fully saturated rings. The van der Waals surface area contributed by atoms with Crippen molar-refractivity contribution in [3.63, 3.8) is 0 Å². The van der Waals surface area contributed by atoms with Crippen LogP contribution in [0.3, 0.4) is 0 Å². The molecule has 0 aromatic carbocycles. The molecule has 2 rings (SSSR count). The van der Waals surface area contributed by atoms with Gasteiger partial charge in [-0.2, -0.15) is 0 Å². The summed E-state index contributed by atoms with van der Waals surface area (Å²) in [5, 5.41) is 2.34. The Morgan fingerprint density at radius 3 is 2.62 bits per heavy atom. The third-order valence-electron chi connectivity index (χ3n) is 3.42. The van der Waals surface area contributed by atoms with Gasteiger partial charge in [0.1, 0.15) is 0 Å². The molecule has 90 valence electrons. The Morgan fingerprint density at radius 2 is 2.00 bits per heavy atom. The third kappa shape index (κ3) is 2.59. The Balaban J connectivity index is 1.95. The van der Waals surface area contributed by atoms with Gasteiger partial charge in [0.05, 0.1) is 13.1 Å². The summed E-state index contributed by atoms with van der Waals surface area (Å²) in [6.45, 7) is 6.06. The van der Waals surface area contributed by atoms with Gasteiger partial charge in [-0.3, -0.25) is 19.8 Å². The van der Waals surface area contributed by atoms with Crippen molar-refractivity contribution >= 4 is 11.8 Å². The van der Waals surface area contributed by atoms with Crippen molar-refractivity contribution in [2.75, 3.05) is 32.7 Å². The van der Waals surface area contributed by atoms with Gasteiger partial charge in [0.25, 0.3) is 0 Å². The van der Waals surface area contributed by atoms with E-state index < -0.39 is 0 Å². The number of hydrogen-bond donors (Lipinski definition) is 1. The SMILES string of the molecule is CCN1CCCC(N2CC(=O)NC(=O)C2)C1. The molecule has 16 heavy (non-hydrogen) atoms. The molecule has 1 atom stereocenters. The maximum atomic E-state index is 11.3. The molecule has 2 amide bonds. The van der Waals surface area contributed by atoms with Crippen molar-refractivity contribution < 1.29 is 9.59 Å². The molecule has 1 unspecified atom stereocenters. The van der Waals surface area contributed by atoms with Crippen molar-refractivity contribution in [3.05, 3.63) is 0 Å². The Labute approximate surface area is 95.8 Å². The van der Waals surface area contributed by atoms with Gasteiger partial charge in [-0.1, -0.05) is 6.92 Å². The van der Waals surface area contributed by atoms with Gasteiger partial charge >= 0.3 is 0 Å². The van der Waals surface area contributed by atoms with Crippen LogP contribution in [0.15, 0.2) is 0 Å². The van der Waals surface area contributed by atoms with Crippen molar-refractivity contribution in [3.8, 4) is 0 Å². The minimum Gasteiger partial charge on any atom is -0.302 e. The lowest BCUT2D eigenvalue weighted by Crippen LogP contribution is -2.58. The largest absolute Gasteiger partial charge is 0.302 e. The van der Waals surface area contributed by atoms with Gasteiger partial charge in [0.2, 0.25) is 11.8 Å². The highest BCUT2D eigenvalue weighted by Crippen LogP contribution is 2.16. The predicted molar refractivity (Wildman–Crippen MR) is 59.9 cm³/mol. The van der Waals surface area contributed by atoms with E-state index in [1.165, 1.54) is 0 Å². The number of rotatable bonds is 2. The predicted octanol–water partition coefficient (Wildman–Crippen LogP) is -0.571. The summed E-state index contributed by atoms with van der Waals surface area (Å²) in [6, 6.07) is 0.365. The number of piperazine rings is 1. The number of piperidine rings is 1. The number of likely N-dealkylation sites (N-methyl/N-ethyl adjacent to an activating group) is 1. The van der Waals surface area contributed by atoms with Crippen molar-refractivity contribution in [2.24, 2.45) is 0 Å². The minimum atomic E-state index is -0.162. The second-order valence-electron chi connectivity index (χ2n) is 4.57. The summed E-state index contributed by atoms with van der Waals surface area (Å²) >= 11 is 0. The molecule has 5 nitrogen and oxygen atoms in total. The minimum absolute atomic E-state index is 0.162. The summed E-state index contributed by atoms with van der Waals surface area (Å²) in [6.07, 6.45) is 2.25. The summed E-state index contributed by atoms with van der Waals surface area (Å²) in [5.74, 6) is -0.324. The van der Waals surface area contributed by atoms with Crippen LogP contribution < -0.4 is 5.32 Å². The number of carbonyl (C=O) groups is 2. The van der Waals surface area contributed by atoms with E-state index in [4.69, 9.17) is 0 Å². The summed E-state index contributed by atoms with van der Waals surface area (Å²) in [4.78, 5) is 27.0. The zero-order valence-corrected chi connectivity index (χ0v) is 9.74. The summed E-state index contributed by atoms with van der Waals surface area (Å²) in [5.41, 5.74) is 0. The van der Waals surface area contributed by atoms with Gasteiger partial charge in [-0.05, 0) is 25.9 Å². The van der Waals surface area contributed by atoms with Gasteiger partial charge in [-0.15, -0.1) is 0 Å². The third-order valence-corrected chi connectivity index (χ3v) is 3.42. The molecule has 2 saturated heterocycles. The first-order chi connectivity index (χ1) is 7.69. The summed E-state index contributed by atoms with van der Waals surface area (Å²) < 4.78 is 0. The molecule has 1 N–H and O–H groups in total. The second kappa shape index (κ2) is 4.93. The lowest BCUT2D eigenvalue weighted by molar-refractivity contribution is -0.137. The number of carbonyl (C=O) groups excluding carboxylic acids is 2. The molecule has 0 aromatic heterocycles. The van der Waals surface area contributed by atoms with Gasteiger partial charge in [0, 0.05) is 12.6 Å². The van der Waals surface area contributed by atoms with Crippen LogP contribution in [0.5, 0.6) is 0 Å². The molecule has 0 aromatic rings. The van der Waals surface area contributed by atoms with Crippen LogP contribution in [0.1, 0.15) is 19.8 Å². The molecule has 0 radical (unpaired) electrons. The normalized spacial score (nSPS) is 29.2. The molecule has 2 aliphatic rings. The number of nitrogens with one attached hydrogen (secondary N) is 1. The quantitative estimate of drug-likeness (QED) is 0.639. The van der Waals surface area contributed by atoms with Gasteiger partial charge in [0.15, 0.2) is 0 Å². The molecule has 0 saturated carbocycles. The summed E-state index contributed by atoms with van der Waals surface area (Å²) in [7, 11) is 0. The van der Waals surface area contributed by atoms with Crippen LogP contribution in [-0.2, 0) is 9.59 Å². The fourth-order valence-corrected chi connectivity index (χ4v) is 2.53. The van der Waals surface area contributed by atoms with Crippen LogP contribution in [-0.4, -0.2) is 60.4 Å². The molecule has 0 spiro atoms. The molecule has 0 bridgehead atoms. The van der Waals surface area contributed by atoms with Gasteiger partial charge in [-0.25, -0.2) is 0 Å². The Hall–Kier alpha value is -0.940. The molecular formula is C11H19N3O2. The van der Waals surface area contributed by atoms with E-state index in [1.54, 1.807) is 0 Å². The molecule has 0 aliphatic carbocycles. The monoisotopic (exact) mass is 225 g/mol. The van der Waals surface area contributed by atoms with Gasteiger partial charge < -0.3 is 4.90 Å². The number of hydrogen-bond acceptors (Lipinski definition) is 4. The smallest absolute Gasteiger partial charge is 0.240 e. The van der Waals surface area contributed by atoms with E-state index in [0.717, 1.165) is 32.5 Å². The number of likely N-dealkylation sites (tertiary alicyclic amines) is 1. The molecule has 2 heterocycles. The van der Waals surface area contributed by atoms with E-state index in [-0.39, 0.29) is 11.8 Å². The molecule has 5 heteroatoms. The number of imide groups is 1. The Morgan fingerprint density at radius 1 is 1.31 bits per heavy atom. The van der Waals surface area contributed by atoms with Crippen molar-refractivity contribution in [1.29, 1.82) is 0 Å². The van der Waals surface area contributed by atoms with Crippen LogP contribution in [0.2, 0.25) is 0 Å². The van der Waals surface area contributed by atoms with Crippen LogP contribution >= 0.6 is 0 Å². The standard InChI is InChI=1S/C11H19N3O2/c1-2-13-5-3-4-9(6-13)14-7-10(15)12-11(16)8-14/h9H,2-8H2,1H3,(H,12,15,16). The average Bonchev–Trinajstić information content (AvgIpc) is 2.28. The topological polar surface area (TPSA) is 52.6 Å². The van der Waals surface area contributed by atoms with E-state index in [0.29, 0.717) is 19.1 Å². The average molecular weight is 225 g/mol. The Kier molecular flexibility index (Phi) is 3.56. The van der Waals surface area contributed by atoms with E-state index in [2.05, 4.69) is 17.1 Å². The maximum Gasteiger partial charge on any atom is 0.240 e. The second-order valence-corrected chi connectivity index (χ2v) is 4.57. The lowest BCUT2D eigenvalue weighted by atomic mass is 10.0. The molecule has 2 aliphatic heterocycles. The fraction of sp³-hybridized carbons (Fsp3) is 0.818. The first-order valence-corrected chi connectivity index (χ1v) is 5.98. The molecular weight excluding hydrogens is 206 g/mol. The zero-order valence-electron chi connectivity index (χ0n) is 9.74. The first kappa shape index (κ1) is 11.5. The van der Waals surface area contributed by atoms with Crippen LogP contribution in [0.4, 0.5) is 0 Å². The first-order valence-electron chi connectivity index (χ1n) is 5.98. The maximum absolute atomic E-state index is 11.3. The van der Waals surface area contributed by atoms with Crippen molar-refractivity contribution in [1.82, 2.24) is 15.1 Å². The number of nitrogens with zero attached hydrogens (tertiary/aromatic N) is 2. The van der Waals surface area contributed by atoms with Crippen LogP contribution in [0.25, 0.3) is 0 Å². The highest BCUT2D eigenvalue weighted by Gasteiger charge is 2.30. The van der Waals surface area contributed by atoms with Crippen LogP contribution in [0, 0.1) is 0 Å². The fourth-order valence-electron chi connectivity index (χ4n) is 2.53. The van der Waals surface area contributed by atoms with Crippen molar-refractivity contribution in [2.45, 2.75) is 25.8 Å².